The highest BCUT2D eigenvalue weighted by Gasteiger charge is 2.16. The molecule has 0 aliphatic heterocycles. The van der Waals surface area contributed by atoms with Crippen LogP contribution in [0.3, 0.4) is 0 Å². The quantitative estimate of drug-likeness (QED) is 0.518. The predicted molar refractivity (Wildman–Crippen MR) is 49.0 cm³/mol. The van der Waals surface area contributed by atoms with E-state index < -0.39 is 8.25 Å². The summed E-state index contributed by atoms with van der Waals surface area (Å²) in [5, 5.41) is 0. The maximum atomic E-state index is 10.2. The van der Waals surface area contributed by atoms with Crippen LogP contribution in [-0.4, -0.2) is 11.5 Å². The molecule has 0 spiro atoms. The van der Waals surface area contributed by atoms with Crippen LogP contribution in [0.5, 0.6) is 0 Å². The molecule has 1 unspecified atom stereocenters. The second-order valence-corrected chi connectivity index (χ2v) is 3.42. The predicted octanol–water partition coefficient (Wildman–Crippen LogP) is 2.65. The Morgan fingerprint density at radius 3 is 2.42 bits per heavy atom. The molecule has 0 rings (SSSR count). The smallest absolute Gasteiger partial charge is 0.133 e. The van der Waals surface area contributed by atoms with Gasteiger partial charge in [-0.2, -0.15) is 0 Å². The van der Waals surface area contributed by atoms with E-state index in [1.54, 1.807) is 0 Å². The van der Waals surface area contributed by atoms with Gasteiger partial charge < -0.3 is 0 Å². The van der Waals surface area contributed by atoms with E-state index in [1.165, 1.54) is 0 Å². The first-order valence-corrected chi connectivity index (χ1v) is 5.21. The van der Waals surface area contributed by atoms with E-state index in [9.17, 15) is 4.57 Å². The Morgan fingerprint density at radius 2 is 2.08 bits per heavy atom. The van der Waals surface area contributed by atoms with Gasteiger partial charge in [0.2, 0.25) is 0 Å². The van der Waals surface area contributed by atoms with E-state index in [0.29, 0.717) is 5.92 Å². The third-order valence-corrected chi connectivity index (χ3v) is 2.27. The molecule has 1 N–H and O–H groups in total. The van der Waals surface area contributed by atoms with E-state index in [1.807, 2.05) is 0 Å². The maximum absolute atomic E-state index is 10.2. The number of rotatable bonds is 6. The summed E-state index contributed by atoms with van der Waals surface area (Å²) in [7, 11) is -2.48. The summed E-state index contributed by atoms with van der Waals surface area (Å²) in [6.07, 6.45) is 2.00. The minimum atomic E-state index is -2.48. The van der Waals surface area contributed by atoms with Gasteiger partial charge in [-0.1, -0.05) is 20.4 Å². The lowest BCUT2D eigenvalue weighted by Gasteiger charge is -2.12. The highest BCUT2D eigenvalue weighted by atomic mass is 31.1. The lowest BCUT2D eigenvalue weighted by atomic mass is 9.96. The average Bonchev–Trinajstić information content (AvgIpc) is 2.03. The Morgan fingerprint density at radius 1 is 1.58 bits per heavy atom. The average molecular weight is 191 g/mol. The zero-order chi connectivity index (χ0) is 9.56. The summed E-state index contributed by atoms with van der Waals surface area (Å²) in [5.41, 5.74) is 0.900. The molecule has 0 aromatic heterocycles. The first-order valence-electron chi connectivity index (χ1n) is 4.08. The van der Waals surface area contributed by atoms with Gasteiger partial charge >= 0.3 is 8.25 Å². The highest BCUT2D eigenvalue weighted by molar-refractivity contribution is 7.32. The van der Waals surface area contributed by atoms with E-state index in [0.717, 1.165) is 18.4 Å². The van der Waals surface area contributed by atoms with Crippen LogP contribution in [-0.2, 0) is 9.09 Å². The monoisotopic (exact) mass is 191 g/mol. The summed E-state index contributed by atoms with van der Waals surface area (Å²) in [4.78, 5) is 8.37. The summed E-state index contributed by atoms with van der Waals surface area (Å²) in [6, 6.07) is 0. The second kappa shape index (κ2) is 6.30. The summed E-state index contributed by atoms with van der Waals surface area (Å²) >= 11 is 0. The molecular weight excluding hydrogens is 175 g/mol. The van der Waals surface area contributed by atoms with Crippen molar-refractivity contribution in [2.75, 3.05) is 6.61 Å². The van der Waals surface area contributed by atoms with Crippen LogP contribution < -0.4 is 0 Å². The molecule has 0 aliphatic carbocycles. The standard InChI is InChI=1S/C8H15O3P/c1-4-8(5-2)7(3)6-11-12(9)10/h8H,3-6H2,1-2H3/p+1. The minimum absolute atomic E-state index is 0.193. The van der Waals surface area contributed by atoms with Crippen LogP contribution in [0.2, 0.25) is 0 Å². The topological polar surface area (TPSA) is 46.5 Å². The molecule has 0 saturated heterocycles. The Kier molecular flexibility index (Phi) is 6.17. The molecule has 1 atom stereocenters. The molecule has 70 valence electrons. The van der Waals surface area contributed by atoms with Crippen molar-refractivity contribution in [3.63, 3.8) is 0 Å². The molecule has 0 aromatic carbocycles. The van der Waals surface area contributed by atoms with Crippen molar-refractivity contribution >= 4 is 8.25 Å². The number of hydrogen-bond donors (Lipinski definition) is 1. The Balaban J connectivity index is 3.77. The van der Waals surface area contributed by atoms with Crippen molar-refractivity contribution in [2.45, 2.75) is 26.7 Å². The van der Waals surface area contributed by atoms with Gasteiger partial charge in [0.1, 0.15) is 6.61 Å². The summed E-state index contributed by atoms with van der Waals surface area (Å²) < 4.78 is 14.7. The lowest BCUT2D eigenvalue weighted by Crippen LogP contribution is -2.04. The van der Waals surface area contributed by atoms with Crippen LogP contribution >= 0.6 is 8.25 Å². The van der Waals surface area contributed by atoms with Crippen LogP contribution in [0.15, 0.2) is 12.2 Å². The van der Waals surface area contributed by atoms with Gasteiger partial charge in [0.05, 0.1) is 0 Å². The molecule has 0 saturated carbocycles. The van der Waals surface area contributed by atoms with E-state index in [-0.39, 0.29) is 6.61 Å². The van der Waals surface area contributed by atoms with Gasteiger partial charge in [-0.25, -0.2) is 0 Å². The van der Waals surface area contributed by atoms with Crippen LogP contribution in [0, 0.1) is 5.92 Å². The zero-order valence-corrected chi connectivity index (χ0v) is 8.51. The van der Waals surface area contributed by atoms with Crippen molar-refractivity contribution in [3.8, 4) is 0 Å². The van der Waals surface area contributed by atoms with Crippen LogP contribution in [0.1, 0.15) is 26.7 Å². The molecule has 0 radical (unpaired) electrons. The van der Waals surface area contributed by atoms with Crippen molar-refractivity contribution < 1.29 is 14.0 Å². The highest BCUT2D eigenvalue weighted by Crippen LogP contribution is 2.22. The van der Waals surface area contributed by atoms with E-state index in [2.05, 4.69) is 25.0 Å². The van der Waals surface area contributed by atoms with Crippen molar-refractivity contribution in [3.05, 3.63) is 12.2 Å². The third kappa shape index (κ3) is 4.60. The van der Waals surface area contributed by atoms with E-state index in [4.69, 9.17) is 4.89 Å². The van der Waals surface area contributed by atoms with Gasteiger partial charge in [-0.3, -0.25) is 0 Å². The molecule has 0 fully saturated rings. The molecule has 4 heteroatoms. The largest absolute Gasteiger partial charge is 0.695 e. The maximum Gasteiger partial charge on any atom is 0.695 e. The second-order valence-electron chi connectivity index (χ2n) is 2.68. The molecule has 0 heterocycles. The minimum Gasteiger partial charge on any atom is -0.133 e. The SMILES string of the molecule is C=C(CO[P+](=O)O)C(CC)CC. The molecule has 0 amide bonds. The Bertz CT molecular complexity index is 164. The third-order valence-electron chi connectivity index (χ3n) is 1.92. The van der Waals surface area contributed by atoms with Gasteiger partial charge in [-0.15, -0.1) is 9.42 Å². The molecule has 3 nitrogen and oxygen atoms in total. The fourth-order valence-electron chi connectivity index (χ4n) is 1.12. The van der Waals surface area contributed by atoms with Crippen molar-refractivity contribution in [1.82, 2.24) is 0 Å². The van der Waals surface area contributed by atoms with Gasteiger partial charge in [-0.05, 0) is 24.3 Å². The molecule has 0 aliphatic rings. The summed E-state index contributed by atoms with van der Waals surface area (Å²) in [5.74, 6) is 0.403. The molecule has 12 heavy (non-hydrogen) atoms. The molecule has 0 aromatic rings. The zero-order valence-electron chi connectivity index (χ0n) is 7.62. The Labute approximate surface area is 74.4 Å². The molecule has 0 bridgehead atoms. The fourth-order valence-corrected chi connectivity index (χ4v) is 1.40. The van der Waals surface area contributed by atoms with Crippen LogP contribution in [0.25, 0.3) is 0 Å². The fraction of sp³-hybridized carbons (Fsp3) is 0.750. The first kappa shape index (κ1) is 11.8. The molecular formula is C8H16O3P+. The number of hydrogen-bond acceptors (Lipinski definition) is 2. The first-order chi connectivity index (χ1) is 5.61. The lowest BCUT2D eigenvalue weighted by molar-refractivity contribution is 0.293. The van der Waals surface area contributed by atoms with Crippen LogP contribution in [0.4, 0.5) is 0 Å². The van der Waals surface area contributed by atoms with Gasteiger partial charge in [0.15, 0.2) is 0 Å². The van der Waals surface area contributed by atoms with Crippen molar-refractivity contribution in [2.24, 2.45) is 5.92 Å². The summed E-state index contributed by atoms with van der Waals surface area (Å²) in [6.45, 7) is 8.13. The Hall–Kier alpha value is -0.240. The van der Waals surface area contributed by atoms with Gasteiger partial charge in [0.25, 0.3) is 0 Å². The van der Waals surface area contributed by atoms with E-state index >= 15 is 0 Å². The van der Waals surface area contributed by atoms with Gasteiger partial charge in [0, 0.05) is 4.57 Å². The normalized spacial score (nSPS) is 11.8. The van der Waals surface area contributed by atoms with Crippen molar-refractivity contribution in [1.29, 1.82) is 0 Å².